The largest absolute Gasteiger partial charge is 0.497 e. The molecule has 0 aliphatic carbocycles. The lowest BCUT2D eigenvalue weighted by Crippen LogP contribution is -2.19. The summed E-state index contributed by atoms with van der Waals surface area (Å²) in [5, 5.41) is 14.8. The third kappa shape index (κ3) is 5.20. The van der Waals surface area contributed by atoms with Gasteiger partial charge in [-0.2, -0.15) is 0 Å². The zero-order valence-corrected chi connectivity index (χ0v) is 17.4. The van der Waals surface area contributed by atoms with Gasteiger partial charge < -0.3 is 21.2 Å². The minimum Gasteiger partial charge on any atom is -0.497 e. The lowest BCUT2D eigenvalue weighted by atomic mass is 10.1. The first-order valence-electron chi connectivity index (χ1n) is 9.04. The van der Waals surface area contributed by atoms with Crippen molar-refractivity contribution in [3.05, 3.63) is 59.4 Å². The predicted molar refractivity (Wildman–Crippen MR) is 116 cm³/mol. The Morgan fingerprint density at radius 1 is 1.14 bits per heavy atom. The molecule has 0 spiro atoms. The van der Waals surface area contributed by atoms with E-state index in [1.54, 1.807) is 7.11 Å². The molecule has 152 valence electrons. The molecule has 4 N–H and O–H groups in total. The van der Waals surface area contributed by atoms with Crippen LogP contribution < -0.4 is 21.2 Å². The molecule has 0 saturated carbocycles. The molecule has 1 amide bonds. The monoisotopic (exact) mass is 412 g/mol. The quantitative estimate of drug-likeness (QED) is 0.386. The molecule has 0 bridgehead atoms. The summed E-state index contributed by atoms with van der Waals surface area (Å²) in [6.07, 6.45) is 0. The van der Waals surface area contributed by atoms with E-state index in [1.807, 2.05) is 56.3 Å². The number of nitrogen functional groups attached to an aromatic ring is 1. The van der Waals surface area contributed by atoms with Crippen LogP contribution in [-0.4, -0.2) is 33.6 Å². The molecule has 3 aromatic rings. The highest BCUT2D eigenvalue weighted by Crippen LogP contribution is 2.21. The molecule has 0 radical (unpaired) electrons. The van der Waals surface area contributed by atoms with E-state index in [0.717, 1.165) is 28.3 Å². The van der Waals surface area contributed by atoms with E-state index in [4.69, 9.17) is 10.6 Å². The number of amides is 1. The van der Waals surface area contributed by atoms with Crippen molar-refractivity contribution in [3.63, 3.8) is 0 Å². The number of anilines is 2. The Kier molecular flexibility index (Phi) is 6.61. The van der Waals surface area contributed by atoms with E-state index in [2.05, 4.69) is 20.8 Å². The normalized spacial score (nSPS) is 10.6. The van der Waals surface area contributed by atoms with Crippen molar-refractivity contribution < 1.29 is 9.53 Å². The molecule has 2 aromatic carbocycles. The third-order valence-corrected chi connectivity index (χ3v) is 5.30. The summed E-state index contributed by atoms with van der Waals surface area (Å²) in [6, 6.07) is 13.4. The van der Waals surface area contributed by atoms with Gasteiger partial charge >= 0.3 is 0 Å². The molecule has 29 heavy (non-hydrogen) atoms. The first-order chi connectivity index (χ1) is 14.0. The van der Waals surface area contributed by atoms with Gasteiger partial charge in [-0.3, -0.25) is 4.79 Å². The van der Waals surface area contributed by atoms with Crippen LogP contribution in [-0.2, 0) is 11.3 Å². The highest BCUT2D eigenvalue weighted by molar-refractivity contribution is 7.99. The molecular weight excluding hydrogens is 388 g/mol. The van der Waals surface area contributed by atoms with Gasteiger partial charge in [-0.05, 0) is 49.2 Å². The molecule has 0 saturated heterocycles. The molecule has 8 nitrogen and oxygen atoms in total. The number of carbonyl (C=O) groups is 1. The number of hydrogen-bond acceptors (Lipinski definition) is 7. The van der Waals surface area contributed by atoms with Crippen LogP contribution in [0.15, 0.2) is 47.6 Å². The van der Waals surface area contributed by atoms with Crippen LogP contribution in [0.4, 0.5) is 11.4 Å². The molecule has 9 heteroatoms. The van der Waals surface area contributed by atoms with Crippen LogP contribution in [0.1, 0.15) is 17.0 Å². The fourth-order valence-electron chi connectivity index (χ4n) is 2.73. The second-order valence-electron chi connectivity index (χ2n) is 6.45. The number of carbonyl (C=O) groups excluding carboxylic acids is 1. The van der Waals surface area contributed by atoms with Gasteiger partial charge in [-0.1, -0.05) is 30.0 Å². The van der Waals surface area contributed by atoms with E-state index in [9.17, 15) is 4.79 Å². The van der Waals surface area contributed by atoms with Gasteiger partial charge in [0.1, 0.15) is 5.75 Å². The Morgan fingerprint density at radius 2 is 1.83 bits per heavy atom. The van der Waals surface area contributed by atoms with E-state index in [0.29, 0.717) is 17.5 Å². The smallest absolute Gasteiger partial charge is 0.234 e. The number of benzene rings is 2. The second kappa shape index (κ2) is 9.33. The summed E-state index contributed by atoms with van der Waals surface area (Å²) in [7, 11) is 1.63. The van der Waals surface area contributed by atoms with Crippen LogP contribution in [0, 0.1) is 13.8 Å². The molecule has 1 aromatic heterocycles. The van der Waals surface area contributed by atoms with Gasteiger partial charge in [0.25, 0.3) is 0 Å². The summed E-state index contributed by atoms with van der Waals surface area (Å²) in [5.41, 5.74) is 3.81. The lowest BCUT2D eigenvalue weighted by molar-refractivity contribution is -0.113. The Morgan fingerprint density at radius 3 is 2.48 bits per heavy atom. The van der Waals surface area contributed by atoms with Crippen LogP contribution >= 0.6 is 11.8 Å². The number of rotatable bonds is 8. The fourth-order valence-corrected chi connectivity index (χ4v) is 3.41. The van der Waals surface area contributed by atoms with Gasteiger partial charge in [0.15, 0.2) is 5.82 Å². The summed E-state index contributed by atoms with van der Waals surface area (Å²) in [4.78, 5) is 12.3. The Bertz CT molecular complexity index is 967. The molecule has 0 fully saturated rings. The molecule has 3 rings (SSSR count). The van der Waals surface area contributed by atoms with Crippen LogP contribution in [0.2, 0.25) is 0 Å². The predicted octanol–water partition coefficient (Wildman–Crippen LogP) is 2.96. The minimum atomic E-state index is -0.117. The first kappa shape index (κ1) is 20.5. The number of aryl methyl sites for hydroxylation is 2. The van der Waals surface area contributed by atoms with E-state index in [-0.39, 0.29) is 11.7 Å². The molecule has 0 aliphatic rings. The van der Waals surface area contributed by atoms with Gasteiger partial charge in [-0.15, -0.1) is 10.2 Å². The number of nitrogens with two attached hydrogens (primary N) is 1. The van der Waals surface area contributed by atoms with Crippen molar-refractivity contribution >= 4 is 29.0 Å². The van der Waals surface area contributed by atoms with Crippen LogP contribution in [0.3, 0.4) is 0 Å². The number of hydrogen-bond donors (Lipinski definition) is 3. The van der Waals surface area contributed by atoms with Gasteiger partial charge in [-0.25, -0.2) is 4.68 Å². The van der Waals surface area contributed by atoms with Crippen LogP contribution in [0.25, 0.3) is 0 Å². The standard InChI is InChI=1S/C20H24N6O2S/c1-13-5-4-6-14(2)19(13)23-18(27)12-29-20-25-24-17(26(20)21)11-22-15-7-9-16(28-3)10-8-15/h4-10,22H,11-12,21H2,1-3H3,(H,23,27). The van der Waals surface area contributed by atoms with Crippen molar-refractivity contribution in [2.45, 2.75) is 25.5 Å². The Hall–Kier alpha value is -3.20. The van der Waals surface area contributed by atoms with Crippen molar-refractivity contribution in [2.75, 3.05) is 29.3 Å². The Balaban J connectivity index is 1.54. The topological polar surface area (TPSA) is 107 Å². The number of nitrogens with zero attached hydrogens (tertiary/aromatic N) is 3. The minimum absolute atomic E-state index is 0.117. The Labute approximate surface area is 173 Å². The summed E-state index contributed by atoms with van der Waals surface area (Å²) in [5.74, 6) is 7.51. The average Bonchev–Trinajstić information content (AvgIpc) is 3.07. The molecule has 0 aliphatic heterocycles. The molecular formula is C20H24N6O2S. The lowest BCUT2D eigenvalue weighted by Gasteiger charge is -2.11. The zero-order valence-electron chi connectivity index (χ0n) is 16.6. The van der Waals surface area contributed by atoms with Crippen molar-refractivity contribution in [1.29, 1.82) is 0 Å². The van der Waals surface area contributed by atoms with Gasteiger partial charge in [0.2, 0.25) is 11.1 Å². The van der Waals surface area contributed by atoms with Crippen molar-refractivity contribution in [3.8, 4) is 5.75 Å². The SMILES string of the molecule is COc1ccc(NCc2nnc(SCC(=O)Nc3c(C)cccc3C)n2N)cc1. The second-order valence-corrected chi connectivity index (χ2v) is 7.40. The fraction of sp³-hybridized carbons (Fsp3) is 0.250. The summed E-state index contributed by atoms with van der Waals surface area (Å²) >= 11 is 1.24. The van der Waals surface area contributed by atoms with E-state index in [1.165, 1.54) is 16.4 Å². The van der Waals surface area contributed by atoms with E-state index < -0.39 is 0 Å². The molecule has 0 atom stereocenters. The molecule has 0 unspecified atom stereocenters. The zero-order chi connectivity index (χ0) is 20.8. The van der Waals surface area contributed by atoms with Crippen molar-refractivity contribution in [2.24, 2.45) is 0 Å². The summed E-state index contributed by atoms with van der Waals surface area (Å²) in [6.45, 7) is 4.34. The number of methoxy groups -OCH3 is 1. The van der Waals surface area contributed by atoms with Gasteiger partial charge in [0.05, 0.1) is 19.4 Å². The molecule has 1 heterocycles. The number of nitrogens with one attached hydrogen (secondary N) is 2. The third-order valence-electron chi connectivity index (χ3n) is 4.35. The first-order valence-corrected chi connectivity index (χ1v) is 10.0. The van der Waals surface area contributed by atoms with Crippen LogP contribution in [0.5, 0.6) is 5.75 Å². The summed E-state index contributed by atoms with van der Waals surface area (Å²) < 4.78 is 6.54. The maximum atomic E-state index is 12.3. The maximum absolute atomic E-state index is 12.3. The highest BCUT2D eigenvalue weighted by atomic mass is 32.2. The maximum Gasteiger partial charge on any atom is 0.234 e. The number of aromatic nitrogens is 3. The number of ether oxygens (including phenoxy) is 1. The average molecular weight is 413 g/mol. The van der Waals surface area contributed by atoms with E-state index >= 15 is 0 Å². The number of thioether (sulfide) groups is 1. The van der Waals surface area contributed by atoms with Gasteiger partial charge in [0, 0.05) is 11.4 Å². The highest BCUT2D eigenvalue weighted by Gasteiger charge is 2.13. The number of para-hydroxylation sites is 1. The van der Waals surface area contributed by atoms with Crippen molar-refractivity contribution in [1.82, 2.24) is 14.9 Å².